The van der Waals surface area contributed by atoms with Crippen LogP contribution in [-0.2, 0) is 4.79 Å². The molecule has 0 aromatic heterocycles. The van der Waals surface area contributed by atoms with E-state index < -0.39 is 0 Å². The molecule has 0 unspecified atom stereocenters. The van der Waals surface area contributed by atoms with Crippen molar-refractivity contribution in [2.75, 3.05) is 0 Å². The molecule has 1 aliphatic rings. The van der Waals surface area contributed by atoms with Crippen molar-refractivity contribution in [2.24, 2.45) is 11.3 Å². The Balaban J connectivity index is 2.62. The molecule has 0 spiro atoms. The summed E-state index contributed by atoms with van der Waals surface area (Å²) < 4.78 is 0. The predicted molar refractivity (Wildman–Crippen MR) is 41.8 cm³/mol. The second kappa shape index (κ2) is 2.73. The van der Waals surface area contributed by atoms with E-state index in [2.05, 4.69) is 13.8 Å². The molecule has 1 saturated carbocycles. The number of carbonyl (C=O) groups is 1. The van der Waals surface area contributed by atoms with E-state index in [1.807, 2.05) is 0 Å². The Labute approximate surface area is 62.8 Å². The van der Waals surface area contributed by atoms with Gasteiger partial charge in [-0.1, -0.05) is 26.7 Å². The smallest absolute Gasteiger partial charge is 0.126 e. The number of rotatable bonds is 1. The van der Waals surface area contributed by atoms with Gasteiger partial charge >= 0.3 is 0 Å². The Morgan fingerprint density at radius 3 is 2.60 bits per heavy atom. The van der Waals surface area contributed by atoms with Crippen LogP contribution in [0.15, 0.2) is 0 Å². The summed E-state index contributed by atoms with van der Waals surface area (Å²) in [6, 6.07) is 0. The Kier molecular flexibility index (Phi) is 2.12. The maximum Gasteiger partial charge on any atom is 0.126 e. The molecular weight excluding hydrogens is 124 g/mol. The standard InChI is InChI=1S/C9H16O/c1-8-5-3-4-6-9(8,2)7-10/h7-8H,3-6H2,1-2H3/t8-,9-/m0/s1. The van der Waals surface area contributed by atoms with Gasteiger partial charge < -0.3 is 4.79 Å². The fourth-order valence-electron chi connectivity index (χ4n) is 1.71. The van der Waals surface area contributed by atoms with E-state index in [0.29, 0.717) is 5.92 Å². The van der Waals surface area contributed by atoms with Gasteiger partial charge in [0.25, 0.3) is 0 Å². The molecule has 1 aliphatic carbocycles. The summed E-state index contributed by atoms with van der Waals surface area (Å²) in [5.41, 5.74) is -0.00174. The molecule has 0 radical (unpaired) electrons. The summed E-state index contributed by atoms with van der Waals surface area (Å²) in [4.78, 5) is 10.7. The van der Waals surface area contributed by atoms with Crippen LogP contribution in [0, 0.1) is 11.3 Å². The van der Waals surface area contributed by atoms with Crippen LogP contribution in [0.3, 0.4) is 0 Å². The van der Waals surface area contributed by atoms with Crippen molar-refractivity contribution in [2.45, 2.75) is 39.5 Å². The van der Waals surface area contributed by atoms with Crippen LogP contribution in [-0.4, -0.2) is 6.29 Å². The van der Waals surface area contributed by atoms with Crippen LogP contribution < -0.4 is 0 Å². The van der Waals surface area contributed by atoms with Gasteiger partial charge in [-0.2, -0.15) is 0 Å². The molecule has 2 atom stereocenters. The van der Waals surface area contributed by atoms with Gasteiger partial charge in [-0.15, -0.1) is 0 Å². The van der Waals surface area contributed by atoms with Gasteiger partial charge in [0.15, 0.2) is 0 Å². The second-order valence-corrected chi connectivity index (χ2v) is 3.77. The van der Waals surface area contributed by atoms with Crippen molar-refractivity contribution in [1.29, 1.82) is 0 Å². The van der Waals surface area contributed by atoms with Crippen molar-refractivity contribution in [3.63, 3.8) is 0 Å². The van der Waals surface area contributed by atoms with Gasteiger partial charge in [-0.05, 0) is 18.8 Å². The summed E-state index contributed by atoms with van der Waals surface area (Å²) in [5.74, 6) is 0.596. The number of aldehydes is 1. The van der Waals surface area contributed by atoms with Crippen molar-refractivity contribution in [1.82, 2.24) is 0 Å². The fourth-order valence-corrected chi connectivity index (χ4v) is 1.71. The molecule has 0 saturated heterocycles. The molecule has 1 nitrogen and oxygen atoms in total. The van der Waals surface area contributed by atoms with Crippen LogP contribution in [0.5, 0.6) is 0 Å². The van der Waals surface area contributed by atoms with Crippen molar-refractivity contribution < 1.29 is 4.79 Å². The first-order chi connectivity index (χ1) is 4.69. The van der Waals surface area contributed by atoms with E-state index in [-0.39, 0.29) is 5.41 Å². The van der Waals surface area contributed by atoms with Crippen molar-refractivity contribution >= 4 is 6.29 Å². The largest absolute Gasteiger partial charge is 0.303 e. The lowest BCUT2D eigenvalue weighted by atomic mass is 9.69. The highest BCUT2D eigenvalue weighted by Crippen LogP contribution is 2.38. The minimum atomic E-state index is -0.00174. The average molecular weight is 140 g/mol. The van der Waals surface area contributed by atoms with Gasteiger partial charge in [-0.25, -0.2) is 0 Å². The van der Waals surface area contributed by atoms with Gasteiger partial charge in [0.2, 0.25) is 0 Å². The molecule has 10 heavy (non-hydrogen) atoms. The normalized spacial score (nSPS) is 41.2. The maximum atomic E-state index is 10.7. The van der Waals surface area contributed by atoms with Gasteiger partial charge in [0, 0.05) is 5.41 Å². The lowest BCUT2D eigenvalue weighted by Gasteiger charge is -2.34. The maximum absolute atomic E-state index is 10.7. The lowest BCUT2D eigenvalue weighted by Crippen LogP contribution is -2.30. The Hall–Kier alpha value is -0.330. The van der Waals surface area contributed by atoms with E-state index in [1.54, 1.807) is 0 Å². The summed E-state index contributed by atoms with van der Waals surface area (Å²) in [6.45, 7) is 4.28. The highest BCUT2D eigenvalue weighted by atomic mass is 16.1. The number of hydrogen-bond acceptors (Lipinski definition) is 1. The second-order valence-electron chi connectivity index (χ2n) is 3.77. The molecule has 1 heteroatoms. The molecule has 1 rings (SSSR count). The van der Waals surface area contributed by atoms with Gasteiger partial charge in [0.05, 0.1) is 0 Å². The van der Waals surface area contributed by atoms with E-state index in [4.69, 9.17) is 0 Å². The summed E-state index contributed by atoms with van der Waals surface area (Å²) >= 11 is 0. The molecule has 1 fully saturated rings. The first-order valence-corrected chi connectivity index (χ1v) is 4.15. The molecule has 0 aliphatic heterocycles. The van der Waals surface area contributed by atoms with Crippen LogP contribution >= 0.6 is 0 Å². The fraction of sp³-hybridized carbons (Fsp3) is 0.889. The molecule has 0 N–H and O–H groups in total. The zero-order valence-electron chi connectivity index (χ0n) is 6.89. The zero-order chi connectivity index (χ0) is 7.61. The zero-order valence-corrected chi connectivity index (χ0v) is 6.89. The van der Waals surface area contributed by atoms with E-state index in [0.717, 1.165) is 12.7 Å². The van der Waals surface area contributed by atoms with E-state index >= 15 is 0 Å². The van der Waals surface area contributed by atoms with Crippen molar-refractivity contribution in [3.8, 4) is 0 Å². The van der Waals surface area contributed by atoms with Crippen LogP contribution in [0.2, 0.25) is 0 Å². The Morgan fingerprint density at radius 1 is 1.50 bits per heavy atom. The molecule has 0 aromatic carbocycles. The van der Waals surface area contributed by atoms with Gasteiger partial charge in [-0.3, -0.25) is 0 Å². The number of hydrogen-bond donors (Lipinski definition) is 0. The first-order valence-electron chi connectivity index (χ1n) is 4.15. The third-order valence-electron chi connectivity index (χ3n) is 3.00. The average Bonchev–Trinajstić information content (AvgIpc) is 1.96. The molecular formula is C9H16O. The summed E-state index contributed by atoms with van der Waals surface area (Å²) in [5, 5.41) is 0. The quantitative estimate of drug-likeness (QED) is 0.511. The highest BCUT2D eigenvalue weighted by molar-refractivity contribution is 5.59. The minimum Gasteiger partial charge on any atom is -0.303 e. The third-order valence-corrected chi connectivity index (χ3v) is 3.00. The van der Waals surface area contributed by atoms with Crippen LogP contribution in [0.25, 0.3) is 0 Å². The first kappa shape index (κ1) is 7.77. The lowest BCUT2D eigenvalue weighted by molar-refractivity contribution is -0.119. The molecule has 0 bridgehead atoms. The number of carbonyl (C=O) groups excluding carboxylic acids is 1. The monoisotopic (exact) mass is 140 g/mol. The highest BCUT2D eigenvalue weighted by Gasteiger charge is 2.32. The van der Waals surface area contributed by atoms with Gasteiger partial charge in [0.1, 0.15) is 6.29 Å². The summed E-state index contributed by atoms with van der Waals surface area (Å²) in [7, 11) is 0. The van der Waals surface area contributed by atoms with Crippen LogP contribution in [0.1, 0.15) is 39.5 Å². The van der Waals surface area contributed by atoms with E-state index in [1.165, 1.54) is 19.3 Å². The SMILES string of the molecule is C[C@H]1CCCC[C@@]1(C)C=O. The predicted octanol–water partition coefficient (Wildman–Crippen LogP) is 2.40. The molecule has 0 amide bonds. The Morgan fingerprint density at radius 2 is 2.20 bits per heavy atom. The summed E-state index contributed by atoms with van der Waals surface area (Å²) in [6.07, 6.45) is 6.02. The van der Waals surface area contributed by atoms with E-state index in [9.17, 15) is 4.79 Å². The molecule has 0 heterocycles. The minimum absolute atomic E-state index is 0.00174. The Bertz CT molecular complexity index is 131. The third kappa shape index (κ3) is 1.23. The van der Waals surface area contributed by atoms with Crippen LogP contribution in [0.4, 0.5) is 0 Å². The molecule has 0 aromatic rings. The molecule has 58 valence electrons. The topological polar surface area (TPSA) is 17.1 Å². The van der Waals surface area contributed by atoms with Crippen molar-refractivity contribution in [3.05, 3.63) is 0 Å².